The van der Waals surface area contributed by atoms with Gasteiger partial charge in [-0.05, 0) is 54.1 Å². The molecule has 0 aromatic rings. The molecule has 134 valence electrons. The van der Waals surface area contributed by atoms with Gasteiger partial charge >= 0.3 is 0 Å². The predicted molar refractivity (Wildman–Crippen MR) is 99.8 cm³/mol. The number of nitrogens with zero attached hydrogens (tertiary/aromatic N) is 4. The first-order chi connectivity index (χ1) is 10.5. The summed E-state index contributed by atoms with van der Waals surface area (Å²) in [5.41, 5.74) is 0. The van der Waals surface area contributed by atoms with Crippen LogP contribution in [0.2, 0.25) is 0 Å². The molecule has 0 aliphatic carbocycles. The zero-order chi connectivity index (χ0) is 16.8. The highest BCUT2D eigenvalue weighted by molar-refractivity contribution is 4.62. The first-order valence-corrected chi connectivity index (χ1v) is 9.23. The molecule has 0 radical (unpaired) electrons. The second-order valence-electron chi connectivity index (χ2n) is 6.92. The second-order valence-corrected chi connectivity index (χ2v) is 6.92. The van der Waals surface area contributed by atoms with E-state index in [2.05, 4.69) is 61.6 Å². The minimum absolute atomic E-state index is 1.16. The van der Waals surface area contributed by atoms with E-state index in [1.807, 2.05) is 0 Å². The van der Waals surface area contributed by atoms with Crippen molar-refractivity contribution in [2.45, 2.75) is 39.5 Å². The lowest BCUT2D eigenvalue weighted by Gasteiger charge is -2.25. The first-order valence-electron chi connectivity index (χ1n) is 9.23. The normalized spacial score (nSPS) is 12.3. The molecule has 0 saturated carbocycles. The molecule has 0 unspecified atom stereocenters. The summed E-state index contributed by atoms with van der Waals surface area (Å²) in [6.07, 6.45) is 5.21. The van der Waals surface area contributed by atoms with Crippen LogP contribution in [0.3, 0.4) is 0 Å². The Morgan fingerprint density at radius 1 is 0.409 bits per heavy atom. The molecule has 0 heterocycles. The molecule has 0 aromatic carbocycles. The van der Waals surface area contributed by atoms with Gasteiger partial charge in [0.05, 0.1) is 0 Å². The van der Waals surface area contributed by atoms with Crippen molar-refractivity contribution < 1.29 is 0 Å². The van der Waals surface area contributed by atoms with Crippen molar-refractivity contribution in [1.82, 2.24) is 19.6 Å². The first kappa shape index (κ1) is 21.8. The largest absolute Gasteiger partial charge is 0.305 e. The fourth-order valence-corrected chi connectivity index (χ4v) is 2.33. The molecule has 0 aliphatic rings. The molecular formula is C18H42N4. The molecule has 0 spiro atoms. The number of hydrogen-bond acceptors (Lipinski definition) is 4. The van der Waals surface area contributed by atoms with Gasteiger partial charge in [-0.3, -0.25) is 0 Å². The van der Waals surface area contributed by atoms with Crippen LogP contribution in [0, 0.1) is 0 Å². The van der Waals surface area contributed by atoms with E-state index in [9.17, 15) is 0 Å². The Kier molecular flexibility index (Phi) is 14.3. The van der Waals surface area contributed by atoms with Gasteiger partial charge < -0.3 is 19.6 Å². The fraction of sp³-hybridized carbons (Fsp3) is 1.00. The molecule has 0 aliphatic heterocycles. The molecule has 0 atom stereocenters. The van der Waals surface area contributed by atoms with Gasteiger partial charge in [-0.1, -0.05) is 26.7 Å². The molecule has 0 rings (SSSR count). The number of unbranched alkanes of at least 4 members (excludes halogenated alkanes) is 2. The standard InChI is InChI=1S/C18H42N4/c1-7-9-11-19(3)13-15-21(5)17-18-22(6)16-14-20(4)12-10-8-2/h7-18H2,1-6H3. The molecule has 22 heavy (non-hydrogen) atoms. The van der Waals surface area contributed by atoms with Crippen LogP contribution < -0.4 is 0 Å². The van der Waals surface area contributed by atoms with Crippen molar-refractivity contribution in [2.75, 3.05) is 80.5 Å². The lowest BCUT2D eigenvalue weighted by atomic mass is 10.3. The molecule has 4 nitrogen and oxygen atoms in total. The average Bonchev–Trinajstić information content (AvgIpc) is 2.52. The summed E-state index contributed by atoms with van der Waals surface area (Å²) < 4.78 is 0. The molecule has 4 heteroatoms. The fourth-order valence-electron chi connectivity index (χ4n) is 2.33. The Balaban J connectivity index is 3.61. The molecular weight excluding hydrogens is 272 g/mol. The van der Waals surface area contributed by atoms with Crippen LogP contribution >= 0.6 is 0 Å². The molecule has 0 aromatic heterocycles. The SMILES string of the molecule is CCCCN(C)CCN(C)CCN(C)CCN(C)CCCC. The smallest absolute Gasteiger partial charge is 0.0107 e. The summed E-state index contributed by atoms with van der Waals surface area (Å²) in [7, 11) is 8.97. The second kappa shape index (κ2) is 14.4. The van der Waals surface area contributed by atoms with E-state index in [1.165, 1.54) is 65.0 Å². The maximum absolute atomic E-state index is 2.46. The van der Waals surface area contributed by atoms with Crippen LogP contribution in [0.4, 0.5) is 0 Å². The van der Waals surface area contributed by atoms with Gasteiger partial charge in [0.2, 0.25) is 0 Å². The Morgan fingerprint density at radius 2 is 0.636 bits per heavy atom. The Morgan fingerprint density at radius 3 is 0.864 bits per heavy atom. The van der Waals surface area contributed by atoms with Gasteiger partial charge in [-0.2, -0.15) is 0 Å². The Hall–Kier alpha value is -0.160. The van der Waals surface area contributed by atoms with Crippen molar-refractivity contribution in [3.63, 3.8) is 0 Å². The summed E-state index contributed by atoms with van der Waals surface area (Å²) >= 11 is 0. The van der Waals surface area contributed by atoms with Crippen molar-refractivity contribution in [3.05, 3.63) is 0 Å². The maximum atomic E-state index is 2.46. The van der Waals surface area contributed by atoms with E-state index >= 15 is 0 Å². The average molecular weight is 315 g/mol. The number of likely N-dealkylation sites (N-methyl/N-ethyl adjacent to an activating group) is 4. The third-order valence-corrected chi connectivity index (χ3v) is 4.38. The Labute approximate surface area is 140 Å². The van der Waals surface area contributed by atoms with Crippen LogP contribution in [0.1, 0.15) is 39.5 Å². The molecule has 0 N–H and O–H groups in total. The number of rotatable bonds is 15. The van der Waals surface area contributed by atoms with E-state index in [-0.39, 0.29) is 0 Å². The van der Waals surface area contributed by atoms with E-state index in [0.29, 0.717) is 0 Å². The van der Waals surface area contributed by atoms with Gasteiger partial charge in [0.25, 0.3) is 0 Å². The van der Waals surface area contributed by atoms with Crippen LogP contribution in [0.25, 0.3) is 0 Å². The van der Waals surface area contributed by atoms with E-state index in [4.69, 9.17) is 0 Å². The van der Waals surface area contributed by atoms with Gasteiger partial charge in [0, 0.05) is 39.3 Å². The lowest BCUT2D eigenvalue weighted by Crippen LogP contribution is -2.38. The quantitative estimate of drug-likeness (QED) is 0.460. The summed E-state index contributed by atoms with van der Waals surface area (Å²) in [6.45, 7) is 14.0. The van der Waals surface area contributed by atoms with Crippen LogP contribution in [0.5, 0.6) is 0 Å². The van der Waals surface area contributed by atoms with Crippen LogP contribution in [-0.2, 0) is 0 Å². The van der Waals surface area contributed by atoms with Gasteiger partial charge in [-0.25, -0.2) is 0 Å². The van der Waals surface area contributed by atoms with Gasteiger partial charge in [-0.15, -0.1) is 0 Å². The lowest BCUT2D eigenvalue weighted by molar-refractivity contribution is 0.210. The van der Waals surface area contributed by atoms with Crippen molar-refractivity contribution in [2.24, 2.45) is 0 Å². The molecule has 0 bridgehead atoms. The summed E-state index contributed by atoms with van der Waals surface area (Å²) in [4.78, 5) is 9.82. The maximum Gasteiger partial charge on any atom is 0.0107 e. The molecule has 0 fully saturated rings. The zero-order valence-corrected chi connectivity index (χ0v) is 16.3. The van der Waals surface area contributed by atoms with Gasteiger partial charge in [0.1, 0.15) is 0 Å². The third kappa shape index (κ3) is 13.5. The number of hydrogen-bond donors (Lipinski definition) is 0. The monoisotopic (exact) mass is 314 g/mol. The van der Waals surface area contributed by atoms with Crippen LogP contribution in [0.15, 0.2) is 0 Å². The summed E-state index contributed by atoms with van der Waals surface area (Å²) in [5.74, 6) is 0. The van der Waals surface area contributed by atoms with E-state index < -0.39 is 0 Å². The van der Waals surface area contributed by atoms with Crippen molar-refractivity contribution in [3.8, 4) is 0 Å². The van der Waals surface area contributed by atoms with Gasteiger partial charge in [0.15, 0.2) is 0 Å². The van der Waals surface area contributed by atoms with Crippen molar-refractivity contribution in [1.29, 1.82) is 0 Å². The topological polar surface area (TPSA) is 13.0 Å². The molecule has 0 saturated heterocycles. The summed E-state index contributed by atoms with van der Waals surface area (Å²) in [5, 5.41) is 0. The molecule has 0 amide bonds. The minimum Gasteiger partial charge on any atom is -0.305 e. The summed E-state index contributed by atoms with van der Waals surface area (Å²) in [6, 6.07) is 0. The predicted octanol–water partition coefficient (Wildman–Crippen LogP) is 2.31. The van der Waals surface area contributed by atoms with E-state index in [0.717, 1.165) is 13.1 Å². The third-order valence-electron chi connectivity index (χ3n) is 4.38. The van der Waals surface area contributed by atoms with Crippen LogP contribution in [-0.4, -0.2) is 100 Å². The minimum atomic E-state index is 1.16. The van der Waals surface area contributed by atoms with E-state index in [1.54, 1.807) is 0 Å². The zero-order valence-electron chi connectivity index (χ0n) is 16.3. The highest BCUT2D eigenvalue weighted by atomic mass is 15.2. The highest BCUT2D eigenvalue weighted by Crippen LogP contribution is 1.95. The van der Waals surface area contributed by atoms with Crippen molar-refractivity contribution >= 4 is 0 Å². The highest BCUT2D eigenvalue weighted by Gasteiger charge is 2.05. The Bertz CT molecular complexity index is 211.